The van der Waals surface area contributed by atoms with Gasteiger partial charge in [0.15, 0.2) is 17.5 Å². The number of hydrogen-bond acceptors (Lipinski definition) is 2. The summed E-state index contributed by atoms with van der Waals surface area (Å²) in [4.78, 5) is 0. The van der Waals surface area contributed by atoms with Crippen molar-refractivity contribution < 1.29 is 13.2 Å². The minimum atomic E-state index is -1.23. The van der Waals surface area contributed by atoms with Crippen LogP contribution in [0.3, 0.4) is 0 Å². The van der Waals surface area contributed by atoms with Crippen molar-refractivity contribution in [2.45, 2.75) is 26.8 Å². The Morgan fingerprint density at radius 2 is 1.68 bits per heavy atom. The summed E-state index contributed by atoms with van der Waals surface area (Å²) in [6.07, 6.45) is 0. The molecule has 0 amide bonds. The maximum Gasteiger partial charge on any atom is 0.161 e. The molecule has 0 saturated carbocycles. The van der Waals surface area contributed by atoms with Crippen LogP contribution in [-0.4, -0.2) is 9.78 Å². The van der Waals surface area contributed by atoms with Gasteiger partial charge in [0, 0.05) is 29.4 Å². The van der Waals surface area contributed by atoms with Crippen LogP contribution in [0.2, 0.25) is 0 Å². The second-order valence-corrected chi connectivity index (χ2v) is 4.50. The van der Waals surface area contributed by atoms with Crippen LogP contribution in [0, 0.1) is 31.3 Å². The third kappa shape index (κ3) is 2.23. The molecule has 0 bridgehead atoms. The van der Waals surface area contributed by atoms with Crippen LogP contribution in [0.1, 0.15) is 29.9 Å². The average molecular weight is 269 g/mol. The number of nitrogens with zero attached hydrogens (tertiary/aromatic N) is 2. The third-order valence-corrected chi connectivity index (χ3v) is 3.02. The van der Waals surface area contributed by atoms with Crippen LogP contribution >= 0.6 is 0 Å². The predicted octanol–water partition coefficient (Wildman–Crippen LogP) is 2.93. The Morgan fingerprint density at radius 1 is 1.11 bits per heavy atom. The van der Waals surface area contributed by atoms with Gasteiger partial charge in [-0.15, -0.1) is 0 Å². The minimum Gasteiger partial charge on any atom is -0.324 e. The molecule has 0 radical (unpaired) electrons. The summed E-state index contributed by atoms with van der Waals surface area (Å²) in [5.41, 5.74) is 7.70. The minimum absolute atomic E-state index is 0.133. The molecule has 0 saturated heterocycles. The van der Waals surface area contributed by atoms with Crippen LogP contribution in [0.25, 0.3) is 5.69 Å². The lowest BCUT2D eigenvalue weighted by atomic mass is 10.1. The molecule has 1 aromatic heterocycles. The maximum atomic E-state index is 13.7. The third-order valence-electron chi connectivity index (χ3n) is 3.02. The number of aryl methyl sites for hydroxylation is 1. The molecule has 0 aliphatic heterocycles. The van der Waals surface area contributed by atoms with Gasteiger partial charge in [-0.3, -0.25) is 0 Å². The zero-order valence-corrected chi connectivity index (χ0v) is 10.8. The fraction of sp³-hybridized carbons (Fsp3) is 0.308. The van der Waals surface area contributed by atoms with Crippen LogP contribution in [-0.2, 0) is 0 Å². The van der Waals surface area contributed by atoms with Gasteiger partial charge in [0.05, 0.1) is 5.69 Å². The van der Waals surface area contributed by atoms with Crippen molar-refractivity contribution in [1.82, 2.24) is 9.78 Å². The standard InChI is InChI=1S/C13H14F3N3/c1-6(17)13-7(2)18-19(8(13)3)12-5-10(15)9(14)4-11(12)16/h4-6H,17H2,1-3H3. The molecule has 1 atom stereocenters. The van der Waals surface area contributed by atoms with Crippen LogP contribution in [0.4, 0.5) is 13.2 Å². The van der Waals surface area contributed by atoms with Crippen molar-refractivity contribution in [2.75, 3.05) is 0 Å². The van der Waals surface area contributed by atoms with Crippen molar-refractivity contribution in [2.24, 2.45) is 5.73 Å². The topological polar surface area (TPSA) is 43.8 Å². The molecule has 1 heterocycles. The fourth-order valence-corrected chi connectivity index (χ4v) is 2.22. The molecular weight excluding hydrogens is 255 g/mol. The Bertz CT molecular complexity index is 633. The van der Waals surface area contributed by atoms with E-state index in [2.05, 4.69) is 5.10 Å². The predicted molar refractivity (Wildman–Crippen MR) is 65.5 cm³/mol. The Kier molecular flexibility index (Phi) is 3.36. The van der Waals surface area contributed by atoms with Gasteiger partial charge in [0.1, 0.15) is 5.69 Å². The van der Waals surface area contributed by atoms with E-state index < -0.39 is 17.5 Å². The van der Waals surface area contributed by atoms with E-state index >= 15 is 0 Å². The summed E-state index contributed by atoms with van der Waals surface area (Å²) in [5.74, 6) is -3.22. The van der Waals surface area contributed by atoms with Gasteiger partial charge in [0.25, 0.3) is 0 Å². The normalized spacial score (nSPS) is 12.8. The summed E-state index contributed by atoms with van der Waals surface area (Å²) < 4.78 is 41.1. The Morgan fingerprint density at radius 3 is 2.21 bits per heavy atom. The van der Waals surface area contributed by atoms with Gasteiger partial charge < -0.3 is 5.73 Å². The summed E-state index contributed by atoms with van der Waals surface area (Å²) >= 11 is 0. The summed E-state index contributed by atoms with van der Waals surface area (Å²) in [7, 11) is 0. The van der Waals surface area contributed by atoms with Gasteiger partial charge >= 0.3 is 0 Å². The van der Waals surface area contributed by atoms with Crippen molar-refractivity contribution in [3.8, 4) is 5.69 Å². The van der Waals surface area contributed by atoms with Crippen LogP contribution in [0.15, 0.2) is 12.1 Å². The molecule has 0 aliphatic rings. The van der Waals surface area contributed by atoms with E-state index in [-0.39, 0.29) is 11.7 Å². The quantitative estimate of drug-likeness (QED) is 0.852. The zero-order valence-electron chi connectivity index (χ0n) is 10.8. The molecule has 6 heteroatoms. The number of benzene rings is 1. The molecule has 19 heavy (non-hydrogen) atoms. The summed E-state index contributed by atoms with van der Waals surface area (Å²) in [5, 5.41) is 4.14. The first-order chi connectivity index (χ1) is 8.82. The maximum absolute atomic E-state index is 13.7. The number of hydrogen-bond donors (Lipinski definition) is 1. The van der Waals surface area contributed by atoms with Gasteiger partial charge in [-0.25, -0.2) is 17.9 Å². The second kappa shape index (κ2) is 4.70. The monoisotopic (exact) mass is 269 g/mol. The lowest BCUT2D eigenvalue weighted by molar-refractivity contribution is 0.491. The molecule has 2 N–H and O–H groups in total. The highest BCUT2D eigenvalue weighted by Crippen LogP contribution is 2.25. The second-order valence-electron chi connectivity index (χ2n) is 4.50. The number of nitrogens with two attached hydrogens (primary N) is 1. The molecule has 102 valence electrons. The highest BCUT2D eigenvalue weighted by molar-refractivity contribution is 5.39. The summed E-state index contributed by atoms with van der Waals surface area (Å²) in [6.45, 7) is 5.22. The van der Waals surface area contributed by atoms with Gasteiger partial charge in [0.2, 0.25) is 0 Å². The lowest BCUT2D eigenvalue weighted by Gasteiger charge is -2.09. The largest absolute Gasteiger partial charge is 0.324 e. The van der Waals surface area contributed by atoms with Gasteiger partial charge in [-0.1, -0.05) is 0 Å². The molecule has 1 aromatic carbocycles. The van der Waals surface area contributed by atoms with Crippen LogP contribution in [0.5, 0.6) is 0 Å². The van der Waals surface area contributed by atoms with E-state index in [0.717, 1.165) is 11.6 Å². The first-order valence-corrected chi connectivity index (χ1v) is 5.79. The van der Waals surface area contributed by atoms with E-state index in [9.17, 15) is 13.2 Å². The Labute approximate surface area is 108 Å². The average Bonchev–Trinajstić information content (AvgIpc) is 2.59. The number of rotatable bonds is 2. The van der Waals surface area contributed by atoms with Crippen molar-refractivity contribution >= 4 is 0 Å². The molecule has 0 spiro atoms. The molecular formula is C13H14F3N3. The van der Waals surface area contributed by atoms with E-state index in [0.29, 0.717) is 17.5 Å². The SMILES string of the molecule is Cc1nn(-c2cc(F)c(F)cc2F)c(C)c1C(C)N. The molecule has 2 aromatic rings. The van der Waals surface area contributed by atoms with Crippen LogP contribution < -0.4 is 5.73 Å². The molecule has 2 rings (SSSR count). The Hall–Kier alpha value is -1.82. The fourth-order valence-electron chi connectivity index (χ4n) is 2.22. The first-order valence-electron chi connectivity index (χ1n) is 5.79. The van der Waals surface area contributed by atoms with E-state index in [1.54, 1.807) is 20.8 Å². The van der Waals surface area contributed by atoms with E-state index in [1.807, 2.05) is 0 Å². The van der Waals surface area contributed by atoms with E-state index in [4.69, 9.17) is 5.73 Å². The molecule has 3 nitrogen and oxygen atoms in total. The molecule has 0 fully saturated rings. The van der Waals surface area contributed by atoms with Crippen molar-refractivity contribution in [1.29, 1.82) is 0 Å². The highest BCUT2D eigenvalue weighted by Gasteiger charge is 2.19. The van der Waals surface area contributed by atoms with Gasteiger partial charge in [-0.05, 0) is 20.8 Å². The Balaban J connectivity index is 2.67. The molecule has 1 unspecified atom stereocenters. The number of halogens is 3. The zero-order chi connectivity index (χ0) is 14.3. The van der Waals surface area contributed by atoms with Crippen molar-refractivity contribution in [3.05, 3.63) is 46.5 Å². The van der Waals surface area contributed by atoms with E-state index in [1.165, 1.54) is 4.68 Å². The van der Waals surface area contributed by atoms with Gasteiger partial charge in [-0.2, -0.15) is 5.10 Å². The summed E-state index contributed by atoms with van der Waals surface area (Å²) in [6, 6.07) is 1.02. The number of aromatic nitrogens is 2. The smallest absolute Gasteiger partial charge is 0.161 e. The highest BCUT2D eigenvalue weighted by atomic mass is 19.2. The first kappa shape index (κ1) is 13.6. The molecule has 0 aliphatic carbocycles. The lowest BCUT2D eigenvalue weighted by Crippen LogP contribution is -2.08. The van der Waals surface area contributed by atoms with Crippen molar-refractivity contribution in [3.63, 3.8) is 0 Å².